The summed E-state index contributed by atoms with van der Waals surface area (Å²) in [7, 11) is 0. The number of thiophene rings is 1. The normalized spacial score (nSPS) is 16.7. The molecule has 0 saturated carbocycles. The highest BCUT2D eigenvalue weighted by atomic mass is 32.1. The summed E-state index contributed by atoms with van der Waals surface area (Å²) in [6.45, 7) is 0.560. The molecule has 6 heteroatoms. The van der Waals surface area contributed by atoms with Crippen molar-refractivity contribution >= 4 is 17.2 Å². The van der Waals surface area contributed by atoms with Crippen LogP contribution in [0.1, 0.15) is 33.2 Å². The number of amides is 1. The molecule has 0 unspecified atom stereocenters. The van der Waals surface area contributed by atoms with Crippen molar-refractivity contribution in [3.05, 3.63) is 93.2 Å². The number of carbonyl (C=O) groups is 1. The minimum atomic E-state index is -4.41. The molecule has 2 nitrogen and oxygen atoms in total. The summed E-state index contributed by atoms with van der Waals surface area (Å²) in [4.78, 5) is 16.1. The van der Waals surface area contributed by atoms with Gasteiger partial charge in [0.2, 0.25) is 5.91 Å². The maximum Gasteiger partial charge on any atom is 0.416 e. The zero-order valence-electron chi connectivity index (χ0n) is 14.9. The summed E-state index contributed by atoms with van der Waals surface area (Å²) in [5.74, 6) is -0.162. The predicted octanol–water partition coefficient (Wildman–Crippen LogP) is 5.48. The van der Waals surface area contributed by atoms with Gasteiger partial charge in [0, 0.05) is 11.4 Å². The van der Waals surface area contributed by atoms with E-state index in [4.69, 9.17) is 0 Å². The van der Waals surface area contributed by atoms with E-state index in [0.717, 1.165) is 29.7 Å². The second-order valence-corrected chi connectivity index (χ2v) is 7.83. The van der Waals surface area contributed by atoms with Gasteiger partial charge in [0.1, 0.15) is 0 Å². The Bertz CT molecular complexity index is 981. The Kier molecular flexibility index (Phi) is 4.98. The van der Waals surface area contributed by atoms with E-state index in [1.54, 1.807) is 22.3 Å². The van der Waals surface area contributed by atoms with Crippen LogP contribution in [0.5, 0.6) is 0 Å². The molecule has 0 N–H and O–H groups in total. The number of benzene rings is 2. The summed E-state index contributed by atoms with van der Waals surface area (Å²) in [5, 5.41) is 2.03. The van der Waals surface area contributed by atoms with Gasteiger partial charge in [0.15, 0.2) is 0 Å². The number of hydrogen-bond acceptors (Lipinski definition) is 2. The van der Waals surface area contributed by atoms with Crippen LogP contribution in [0.25, 0.3) is 0 Å². The molecular weight excluding hydrogens is 383 g/mol. The fraction of sp³-hybridized carbons (Fsp3) is 0.227. The van der Waals surface area contributed by atoms with Crippen LogP contribution in [-0.2, 0) is 23.8 Å². The van der Waals surface area contributed by atoms with Gasteiger partial charge in [-0.25, -0.2) is 0 Å². The summed E-state index contributed by atoms with van der Waals surface area (Å²) >= 11 is 1.68. The predicted molar refractivity (Wildman–Crippen MR) is 103 cm³/mol. The zero-order valence-corrected chi connectivity index (χ0v) is 15.8. The number of fused-ring (bicyclic) bond motifs is 1. The maximum absolute atomic E-state index is 13.1. The van der Waals surface area contributed by atoms with Crippen LogP contribution in [-0.4, -0.2) is 17.4 Å². The monoisotopic (exact) mass is 401 g/mol. The number of rotatable bonds is 3. The molecule has 1 aromatic heterocycles. The lowest BCUT2D eigenvalue weighted by molar-refractivity contribution is -0.138. The highest BCUT2D eigenvalue weighted by molar-refractivity contribution is 7.10. The van der Waals surface area contributed by atoms with E-state index >= 15 is 0 Å². The van der Waals surface area contributed by atoms with Gasteiger partial charge >= 0.3 is 6.18 Å². The molecule has 0 spiro atoms. The Morgan fingerprint density at radius 3 is 2.61 bits per heavy atom. The highest BCUT2D eigenvalue weighted by Crippen LogP contribution is 2.38. The number of carbonyl (C=O) groups excluding carboxylic acids is 1. The Morgan fingerprint density at radius 2 is 1.86 bits per heavy atom. The summed E-state index contributed by atoms with van der Waals surface area (Å²) < 4.78 is 38.9. The van der Waals surface area contributed by atoms with Gasteiger partial charge < -0.3 is 4.90 Å². The van der Waals surface area contributed by atoms with Crippen molar-refractivity contribution in [2.24, 2.45) is 0 Å². The molecule has 144 valence electrons. The number of nitrogens with zero attached hydrogens (tertiary/aromatic N) is 1. The van der Waals surface area contributed by atoms with Crippen LogP contribution in [0.15, 0.2) is 66.0 Å². The van der Waals surface area contributed by atoms with Gasteiger partial charge in [-0.2, -0.15) is 13.2 Å². The maximum atomic E-state index is 13.1. The third-order valence-electron chi connectivity index (χ3n) is 5.01. The van der Waals surface area contributed by atoms with Gasteiger partial charge in [-0.05, 0) is 40.6 Å². The van der Waals surface area contributed by atoms with E-state index in [-0.39, 0.29) is 18.4 Å². The smallest absolute Gasteiger partial charge is 0.331 e. The number of hydrogen-bond donors (Lipinski definition) is 0. The van der Waals surface area contributed by atoms with E-state index < -0.39 is 11.7 Å². The lowest BCUT2D eigenvalue weighted by atomic mass is 9.92. The van der Waals surface area contributed by atoms with Gasteiger partial charge in [0.25, 0.3) is 0 Å². The third kappa shape index (κ3) is 3.69. The van der Waals surface area contributed by atoms with Crippen LogP contribution in [0, 0.1) is 0 Å². The standard InChI is InChI=1S/C22H18F3NOS/c23-22(24,25)17-8-4-5-15(13-17)14-20(27)26-11-9-19-18(10-12-28-19)21(26)16-6-2-1-3-7-16/h1-8,10,12-13,21H,9,11,14H2/t21-/m1/s1. The molecule has 1 aliphatic rings. The largest absolute Gasteiger partial charge is 0.416 e. The fourth-order valence-electron chi connectivity index (χ4n) is 3.71. The fourth-order valence-corrected chi connectivity index (χ4v) is 4.62. The van der Waals surface area contributed by atoms with Crippen molar-refractivity contribution in [3.63, 3.8) is 0 Å². The van der Waals surface area contributed by atoms with Crippen LogP contribution in [0.4, 0.5) is 13.2 Å². The van der Waals surface area contributed by atoms with E-state index in [9.17, 15) is 18.0 Å². The van der Waals surface area contributed by atoms with E-state index in [1.807, 2.05) is 41.8 Å². The Morgan fingerprint density at radius 1 is 1.07 bits per heavy atom. The molecule has 0 saturated heterocycles. The van der Waals surface area contributed by atoms with Gasteiger partial charge in [-0.3, -0.25) is 4.79 Å². The SMILES string of the molecule is O=C(Cc1cccc(C(F)(F)F)c1)N1CCc2sccc2[C@H]1c1ccccc1. The van der Waals surface area contributed by atoms with Crippen molar-refractivity contribution in [2.75, 3.05) is 6.54 Å². The third-order valence-corrected chi connectivity index (χ3v) is 6.01. The summed E-state index contributed by atoms with van der Waals surface area (Å²) in [5.41, 5.74) is 1.78. The second-order valence-electron chi connectivity index (χ2n) is 6.82. The molecule has 2 heterocycles. The van der Waals surface area contributed by atoms with Crippen LogP contribution in [0.3, 0.4) is 0 Å². The Balaban J connectivity index is 1.63. The van der Waals surface area contributed by atoms with E-state index in [0.29, 0.717) is 12.1 Å². The van der Waals surface area contributed by atoms with Crippen LogP contribution in [0.2, 0.25) is 0 Å². The molecular formula is C22H18F3NOS. The molecule has 4 rings (SSSR count). The minimum Gasteiger partial charge on any atom is -0.331 e. The van der Waals surface area contributed by atoms with Crippen molar-refractivity contribution < 1.29 is 18.0 Å². The van der Waals surface area contributed by atoms with Crippen molar-refractivity contribution in [2.45, 2.75) is 25.1 Å². The van der Waals surface area contributed by atoms with Crippen molar-refractivity contribution in [1.82, 2.24) is 4.90 Å². The lowest BCUT2D eigenvalue weighted by Crippen LogP contribution is -2.40. The Labute approximate surface area is 165 Å². The zero-order chi connectivity index (χ0) is 19.7. The molecule has 28 heavy (non-hydrogen) atoms. The highest BCUT2D eigenvalue weighted by Gasteiger charge is 2.33. The molecule has 3 aromatic rings. The first kappa shape index (κ1) is 18.7. The lowest BCUT2D eigenvalue weighted by Gasteiger charge is -2.36. The second kappa shape index (κ2) is 7.43. The molecule has 0 fully saturated rings. The molecule has 0 aliphatic carbocycles. The number of halogens is 3. The average Bonchev–Trinajstić information content (AvgIpc) is 3.16. The summed E-state index contributed by atoms with van der Waals surface area (Å²) in [6, 6.07) is 16.6. The average molecular weight is 401 g/mol. The molecule has 1 atom stereocenters. The molecule has 0 radical (unpaired) electrons. The molecule has 2 aromatic carbocycles. The van der Waals surface area contributed by atoms with Gasteiger partial charge in [0.05, 0.1) is 18.0 Å². The Hall–Kier alpha value is -2.60. The van der Waals surface area contributed by atoms with Gasteiger partial charge in [-0.1, -0.05) is 48.5 Å². The summed E-state index contributed by atoms with van der Waals surface area (Å²) in [6.07, 6.45) is -3.69. The van der Waals surface area contributed by atoms with Crippen molar-refractivity contribution in [1.29, 1.82) is 0 Å². The minimum absolute atomic E-state index is 0.0489. The van der Waals surface area contributed by atoms with Crippen LogP contribution >= 0.6 is 11.3 Å². The topological polar surface area (TPSA) is 20.3 Å². The van der Waals surface area contributed by atoms with Crippen molar-refractivity contribution in [3.8, 4) is 0 Å². The first-order chi connectivity index (χ1) is 13.4. The first-order valence-corrected chi connectivity index (χ1v) is 9.88. The van der Waals surface area contributed by atoms with E-state index in [1.165, 1.54) is 10.9 Å². The van der Waals surface area contributed by atoms with Crippen LogP contribution < -0.4 is 0 Å². The molecule has 1 aliphatic heterocycles. The molecule has 0 bridgehead atoms. The quantitative estimate of drug-likeness (QED) is 0.569. The van der Waals surface area contributed by atoms with E-state index in [2.05, 4.69) is 0 Å². The number of alkyl halides is 3. The first-order valence-electron chi connectivity index (χ1n) is 9.00. The molecule has 1 amide bonds. The van der Waals surface area contributed by atoms with Gasteiger partial charge in [-0.15, -0.1) is 11.3 Å².